The van der Waals surface area contributed by atoms with Gasteiger partial charge in [-0.05, 0) is 82.8 Å². The Morgan fingerprint density at radius 2 is 1.85 bits per heavy atom. The highest BCUT2D eigenvalue weighted by Gasteiger charge is 2.23. The second-order valence-corrected chi connectivity index (χ2v) is 7.45. The molecule has 2 fully saturated rings. The monoisotopic (exact) mass is 369 g/mol. The van der Waals surface area contributed by atoms with Crippen molar-refractivity contribution in [2.75, 3.05) is 18.4 Å². The quantitative estimate of drug-likeness (QED) is 0.846. The zero-order valence-corrected chi connectivity index (χ0v) is 15.8. The molecule has 1 amide bonds. The molecule has 2 aromatic rings. The second kappa shape index (κ2) is 8.08. The van der Waals surface area contributed by atoms with E-state index < -0.39 is 0 Å². The third-order valence-electron chi connectivity index (χ3n) is 5.51. The minimum atomic E-state index is -0.225. The first-order chi connectivity index (χ1) is 13.2. The Balaban J connectivity index is 1.39. The number of piperidine rings is 1. The van der Waals surface area contributed by atoms with Gasteiger partial charge in [0.05, 0.1) is 17.8 Å². The Morgan fingerprint density at radius 1 is 1.15 bits per heavy atom. The molecule has 1 saturated carbocycles. The summed E-state index contributed by atoms with van der Waals surface area (Å²) in [6.45, 7) is 3.86. The Hall–Kier alpha value is -2.41. The number of amides is 1. The molecule has 27 heavy (non-hydrogen) atoms. The van der Waals surface area contributed by atoms with Crippen LogP contribution in [0, 0.1) is 6.92 Å². The summed E-state index contributed by atoms with van der Waals surface area (Å²) in [5.41, 5.74) is 1.94. The van der Waals surface area contributed by atoms with Crippen LogP contribution < -0.4 is 15.4 Å². The molecule has 4 rings (SSSR count). The number of rotatable bonds is 5. The van der Waals surface area contributed by atoms with Gasteiger partial charge in [-0.1, -0.05) is 5.21 Å². The molecular formula is C20H27N5O2. The van der Waals surface area contributed by atoms with Crippen molar-refractivity contribution in [3.8, 4) is 5.75 Å². The van der Waals surface area contributed by atoms with Crippen molar-refractivity contribution in [1.29, 1.82) is 0 Å². The highest BCUT2D eigenvalue weighted by atomic mass is 16.5. The number of hydrogen-bond donors (Lipinski definition) is 2. The molecule has 1 saturated heterocycles. The van der Waals surface area contributed by atoms with Gasteiger partial charge in [-0.25, -0.2) is 4.68 Å². The van der Waals surface area contributed by atoms with E-state index in [4.69, 9.17) is 4.74 Å². The molecule has 0 spiro atoms. The zero-order valence-electron chi connectivity index (χ0n) is 15.8. The van der Waals surface area contributed by atoms with Crippen LogP contribution in [-0.4, -0.2) is 40.1 Å². The smallest absolute Gasteiger partial charge is 0.278 e. The van der Waals surface area contributed by atoms with Crippen LogP contribution in [0.25, 0.3) is 0 Å². The predicted octanol–water partition coefficient (Wildman–Crippen LogP) is 3.08. The van der Waals surface area contributed by atoms with Crippen LogP contribution in [0.4, 0.5) is 5.69 Å². The highest BCUT2D eigenvalue weighted by molar-refractivity contribution is 6.03. The summed E-state index contributed by atoms with van der Waals surface area (Å²) in [7, 11) is 0. The Kier molecular flexibility index (Phi) is 5.38. The largest absolute Gasteiger partial charge is 0.490 e. The predicted molar refractivity (Wildman–Crippen MR) is 103 cm³/mol. The molecule has 1 aliphatic heterocycles. The molecule has 7 heteroatoms. The van der Waals surface area contributed by atoms with Gasteiger partial charge >= 0.3 is 0 Å². The number of nitrogens with one attached hydrogen (secondary N) is 2. The van der Waals surface area contributed by atoms with E-state index in [1.807, 2.05) is 35.9 Å². The number of carbonyl (C=O) groups is 1. The first-order valence-electron chi connectivity index (χ1n) is 9.91. The maximum Gasteiger partial charge on any atom is 0.278 e. The van der Waals surface area contributed by atoms with Crippen LogP contribution in [0.5, 0.6) is 5.75 Å². The molecule has 0 bridgehead atoms. The number of hydrogen-bond acceptors (Lipinski definition) is 5. The lowest BCUT2D eigenvalue weighted by atomic mass is 10.1. The molecule has 0 atom stereocenters. The van der Waals surface area contributed by atoms with E-state index in [9.17, 15) is 4.79 Å². The summed E-state index contributed by atoms with van der Waals surface area (Å²) < 4.78 is 7.86. The van der Waals surface area contributed by atoms with Gasteiger partial charge in [0.2, 0.25) is 0 Å². The normalized spacial score (nSPS) is 18.6. The Labute approximate surface area is 159 Å². The first kappa shape index (κ1) is 18.0. The van der Waals surface area contributed by atoms with Gasteiger partial charge in [0.25, 0.3) is 5.91 Å². The third kappa shape index (κ3) is 4.13. The lowest BCUT2D eigenvalue weighted by molar-refractivity contribution is 0.102. The minimum Gasteiger partial charge on any atom is -0.490 e. The minimum absolute atomic E-state index is 0.225. The second-order valence-electron chi connectivity index (χ2n) is 7.45. The van der Waals surface area contributed by atoms with Crippen molar-refractivity contribution >= 4 is 11.6 Å². The molecular weight excluding hydrogens is 342 g/mol. The molecule has 1 aromatic carbocycles. The van der Waals surface area contributed by atoms with Crippen molar-refractivity contribution < 1.29 is 9.53 Å². The van der Waals surface area contributed by atoms with Crippen LogP contribution in [0.1, 0.15) is 60.7 Å². The topological polar surface area (TPSA) is 81.1 Å². The van der Waals surface area contributed by atoms with Crippen molar-refractivity contribution in [3.63, 3.8) is 0 Å². The molecule has 2 heterocycles. The summed E-state index contributed by atoms with van der Waals surface area (Å²) >= 11 is 0. The van der Waals surface area contributed by atoms with E-state index in [1.165, 1.54) is 12.8 Å². The molecule has 7 nitrogen and oxygen atoms in total. The van der Waals surface area contributed by atoms with Gasteiger partial charge in [0.1, 0.15) is 5.75 Å². The molecule has 0 radical (unpaired) electrons. The lowest BCUT2D eigenvalue weighted by Crippen LogP contribution is -2.30. The average Bonchev–Trinajstić information content (AvgIpc) is 3.33. The van der Waals surface area contributed by atoms with Crippen LogP contribution in [0.3, 0.4) is 0 Å². The lowest BCUT2D eigenvalue weighted by Gasteiger charge is -2.23. The van der Waals surface area contributed by atoms with Gasteiger partial charge in [0, 0.05) is 5.69 Å². The van der Waals surface area contributed by atoms with Gasteiger partial charge < -0.3 is 15.4 Å². The Morgan fingerprint density at radius 3 is 2.56 bits per heavy atom. The van der Waals surface area contributed by atoms with E-state index in [-0.39, 0.29) is 5.91 Å². The van der Waals surface area contributed by atoms with Crippen LogP contribution in [0.2, 0.25) is 0 Å². The van der Waals surface area contributed by atoms with Crippen molar-refractivity contribution in [2.24, 2.45) is 0 Å². The van der Waals surface area contributed by atoms with Crippen molar-refractivity contribution in [1.82, 2.24) is 20.3 Å². The molecule has 0 unspecified atom stereocenters. The van der Waals surface area contributed by atoms with E-state index in [0.717, 1.165) is 55.9 Å². The number of benzene rings is 1. The van der Waals surface area contributed by atoms with E-state index in [0.29, 0.717) is 17.8 Å². The number of anilines is 1. The highest BCUT2D eigenvalue weighted by Crippen LogP contribution is 2.25. The van der Waals surface area contributed by atoms with Crippen LogP contribution >= 0.6 is 0 Å². The van der Waals surface area contributed by atoms with E-state index in [2.05, 4.69) is 20.9 Å². The maximum atomic E-state index is 12.6. The fourth-order valence-electron chi connectivity index (χ4n) is 3.95. The molecule has 1 aliphatic carbocycles. The summed E-state index contributed by atoms with van der Waals surface area (Å²) in [4.78, 5) is 12.6. The van der Waals surface area contributed by atoms with Crippen molar-refractivity contribution in [3.05, 3.63) is 35.7 Å². The summed E-state index contributed by atoms with van der Waals surface area (Å²) in [5, 5.41) is 14.6. The molecule has 2 aliphatic rings. The fraction of sp³-hybridized carbons (Fsp3) is 0.550. The summed E-state index contributed by atoms with van der Waals surface area (Å²) in [6.07, 6.45) is 7.10. The van der Waals surface area contributed by atoms with Crippen LogP contribution in [-0.2, 0) is 0 Å². The fourth-order valence-corrected chi connectivity index (χ4v) is 3.95. The molecule has 144 valence electrons. The summed E-state index contributed by atoms with van der Waals surface area (Å²) in [6, 6.07) is 7.87. The zero-order chi connectivity index (χ0) is 18.6. The standard InChI is InChI=1S/C20H27N5O2/c1-14-19(23-24-25(14)16-10-12-21-13-11-16)20(26)22-15-6-8-18(9-7-15)27-17-4-2-3-5-17/h6-9,16-17,21H,2-5,10-13H2,1H3,(H,22,26). The number of carbonyl (C=O) groups excluding carboxylic acids is 1. The number of ether oxygens (including phenoxy) is 1. The SMILES string of the molecule is Cc1c(C(=O)Nc2ccc(OC3CCCC3)cc2)nnn1C1CCNCC1. The summed E-state index contributed by atoms with van der Waals surface area (Å²) in [5.74, 6) is 0.630. The van der Waals surface area contributed by atoms with Gasteiger partial charge in [-0.3, -0.25) is 4.79 Å². The maximum absolute atomic E-state index is 12.6. The van der Waals surface area contributed by atoms with Gasteiger partial charge in [0.15, 0.2) is 5.69 Å². The van der Waals surface area contributed by atoms with E-state index in [1.54, 1.807) is 0 Å². The first-order valence-corrected chi connectivity index (χ1v) is 9.91. The molecule has 2 N–H and O–H groups in total. The third-order valence-corrected chi connectivity index (χ3v) is 5.51. The average molecular weight is 369 g/mol. The Bertz CT molecular complexity index is 774. The van der Waals surface area contributed by atoms with E-state index >= 15 is 0 Å². The number of nitrogens with zero attached hydrogens (tertiary/aromatic N) is 3. The van der Waals surface area contributed by atoms with Crippen molar-refractivity contribution in [2.45, 2.75) is 57.6 Å². The number of aromatic nitrogens is 3. The van der Waals surface area contributed by atoms with Gasteiger partial charge in [-0.15, -0.1) is 5.10 Å². The van der Waals surface area contributed by atoms with Gasteiger partial charge in [-0.2, -0.15) is 0 Å². The van der Waals surface area contributed by atoms with Crippen LogP contribution in [0.15, 0.2) is 24.3 Å². The molecule has 1 aromatic heterocycles.